The molecule has 206 valence electrons. The summed E-state index contributed by atoms with van der Waals surface area (Å²) in [6, 6.07) is 12.0. The fraction of sp³-hybridized carbons (Fsp3) is 0.562. The fourth-order valence-corrected chi connectivity index (χ4v) is 6.82. The van der Waals surface area contributed by atoms with Crippen molar-refractivity contribution in [3.8, 4) is 22.8 Å². The highest BCUT2D eigenvalue weighted by atomic mass is 16.5. The zero-order valence-electron chi connectivity index (χ0n) is 23.8. The van der Waals surface area contributed by atoms with Crippen LogP contribution in [0.15, 0.2) is 30.3 Å². The summed E-state index contributed by atoms with van der Waals surface area (Å²) >= 11 is 0. The zero-order chi connectivity index (χ0) is 26.8. The third-order valence-electron chi connectivity index (χ3n) is 9.08. The molecule has 0 radical (unpaired) electrons. The van der Waals surface area contributed by atoms with Crippen LogP contribution in [-0.2, 0) is 13.0 Å². The van der Waals surface area contributed by atoms with Gasteiger partial charge in [-0.05, 0) is 125 Å². The number of aliphatic hydroxyl groups is 1. The second-order valence-corrected chi connectivity index (χ2v) is 11.3. The van der Waals surface area contributed by atoms with E-state index in [1.807, 2.05) is 12.1 Å². The van der Waals surface area contributed by atoms with E-state index in [1.165, 1.54) is 42.4 Å². The lowest BCUT2D eigenvalue weighted by molar-refractivity contribution is 0.0751. The van der Waals surface area contributed by atoms with Crippen LogP contribution in [0, 0.1) is 0 Å². The summed E-state index contributed by atoms with van der Waals surface area (Å²) < 4.78 is 11.0. The number of hydrogen-bond donors (Lipinski definition) is 2. The molecule has 0 saturated carbocycles. The van der Waals surface area contributed by atoms with Crippen molar-refractivity contribution in [2.45, 2.75) is 77.5 Å². The quantitative estimate of drug-likeness (QED) is 0.385. The van der Waals surface area contributed by atoms with Crippen molar-refractivity contribution < 1.29 is 14.6 Å². The first-order valence-corrected chi connectivity index (χ1v) is 14.5. The minimum atomic E-state index is 0.0747. The minimum Gasteiger partial charge on any atom is -0.493 e. The predicted molar refractivity (Wildman–Crippen MR) is 155 cm³/mol. The third-order valence-corrected chi connectivity index (χ3v) is 9.08. The Morgan fingerprint density at radius 3 is 2.26 bits per heavy atom. The smallest absolute Gasteiger partial charge is 0.161 e. The van der Waals surface area contributed by atoms with Crippen LogP contribution < -0.4 is 9.47 Å². The Morgan fingerprint density at radius 1 is 0.947 bits per heavy atom. The van der Waals surface area contributed by atoms with Gasteiger partial charge in [-0.25, -0.2) is 0 Å². The van der Waals surface area contributed by atoms with Gasteiger partial charge in [0.15, 0.2) is 11.5 Å². The van der Waals surface area contributed by atoms with Crippen molar-refractivity contribution in [1.82, 2.24) is 14.8 Å². The van der Waals surface area contributed by atoms with Gasteiger partial charge in [0.25, 0.3) is 0 Å². The molecule has 2 aliphatic heterocycles. The van der Waals surface area contributed by atoms with Crippen molar-refractivity contribution in [2.24, 2.45) is 0 Å². The lowest BCUT2D eigenvalue weighted by Crippen LogP contribution is -2.48. The molecule has 0 amide bonds. The van der Waals surface area contributed by atoms with Crippen LogP contribution in [-0.4, -0.2) is 72.4 Å². The lowest BCUT2D eigenvalue weighted by atomic mass is 9.84. The van der Waals surface area contributed by atoms with Crippen LogP contribution in [0.1, 0.15) is 69.1 Å². The number of nitrogens with one attached hydrogen (secondary N) is 1. The maximum atomic E-state index is 10.4. The molecular formula is C32H45N3O3. The summed E-state index contributed by atoms with van der Waals surface area (Å²) in [4.78, 5) is 9.03. The summed E-state index contributed by atoms with van der Waals surface area (Å²) in [5.41, 5.74) is 7.00. The Hall–Kier alpha value is -2.54. The molecule has 2 aliphatic rings. The molecule has 0 aliphatic carbocycles. The SMILES string of the molecule is CCc1c(-c2ccc(OC)c(OC)c2)[nH]c2cc(CO)c(C3CCN(C4CCN(C(C)C)CC4)CC3)cc12. The molecule has 2 fully saturated rings. The van der Waals surface area contributed by atoms with Crippen LogP contribution in [0.4, 0.5) is 0 Å². The third kappa shape index (κ3) is 5.18. The molecule has 0 spiro atoms. The van der Waals surface area contributed by atoms with Gasteiger partial charge in [0.05, 0.1) is 20.8 Å². The molecule has 2 saturated heterocycles. The van der Waals surface area contributed by atoms with Crippen LogP contribution in [0.2, 0.25) is 0 Å². The largest absolute Gasteiger partial charge is 0.493 e. The first kappa shape index (κ1) is 27.0. The first-order chi connectivity index (χ1) is 18.5. The molecule has 1 aromatic heterocycles. The van der Waals surface area contributed by atoms with E-state index in [9.17, 15) is 5.11 Å². The minimum absolute atomic E-state index is 0.0747. The lowest BCUT2D eigenvalue weighted by Gasteiger charge is -2.43. The standard InChI is InChI=1S/C32H45N3O3/c1-6-26-28-19-27(22-9-13-35(14-10-22)25-11-15-34(16-12-25)21(2)3)24(20-36)17-29(28)33-32(26)23-7-8-30(37-4)31(18-23)38-5/h7-8,17-19,21-22,25,33,36H,6,9-16,20H2,1-5H3. The number of ether oxygens (including phenoxy) is 2. The van der Waals surface area contributed by atoms with Gasteiger partial charge in [-0.2, -0.15) is 0 Å². The van der Waals surface area contributed by atoms with Gasteiger partial charge >= 0.3 is 0 Å². The maximum Gasteiger partial charge on any atom is 0.161 e. The van der Waals surface area contributed by atoms with E-state index in [4.69, 9.17) is 9.47 Å². The number of H-pyrrole nitrogens is 1. The van der Waals surface area contributed by atoms with Crippen molar-refractivity contribution >= 4 is 10.9 Å². The Balaban J connectivity index is 1.39. The van der Waals surface area contributed by atoms with Gasteiger partial charge in [0.2, 0.25) is 0 Å². The van der Waals surface area contributed by atoms with E-state index in [-0.39, 0.29) is 6.61 Å². The van der Waals surface area contributed by atoms with E-state index in [0.717, 1.165) is 72.2 Å². The summed E-state index contributed by atoms with van der Waals surface area (Å²) in [6.45, 7) is 11.7. The number of aromatic nitrogens is 1. The van der Waals surface area contributed by atoms with Crippen LogP contribution in [0.25, 0.3) is 22.2 Å². The van der Waals surface area contributed by atoms with Gasteiger partial charge in [-0.3, -0.25) is 0 Å². The Kier molecular flexibility index (Phi) is 8.32. The topological polar surface area (TPSA) is 61.0 Å². The molecule has 2 N–H and O–H groups in total. The highest BCUT2D eigenvalue weighted by Crippen LogP contribution is 2.40. The van der Waals surface area contributed by atoms with Crippen LogP contribution in [0.5, 0.6) is 11.5 Å². The number of aryl methyl sites for hydroxylation is 1. The summed E-state index contributed by atoms with van der Waals surface area (Å²) in [7, 11) is 3.34. The van der Waals surface area contributed by atoms with Gasteiger partial charge in [-0.15, -0.1) is 0 Å². The van der Waals surface area contributed by atoms with Crippen LogP contribution >= 0.6 is 0 Å². The Morgan fingerprint density at radius 2 is 1.66 bits per heavy atom. The van der Waals surface area contributed by atoms with Crippen molar-refractivity contribution in [1.29, 1.82) is 0 Å². The van der Waals surface area contributed by atoms with Crippen LogP contribution in [0.3, 0.4) is 0 Å². The average molecular weight is 520 g/mol. The number of likely N-dealkylation sites (tertiary alicyclic amines) is 2. The maximum absolute atomic E-state index is 10.4. The van der Waals surface area contributed by atoms with Crippen molar-refractivity contribution in [3.05, 3.63) is 47.0 Å². The van der Waals surface area contributed by atoms with E-state index in [1.54, 1.807) is 14.2 Å². The second kappa shape index (κ2) is 11.7. The number of methoxy groups -OCH3 is 2. The fourth-order valence-electron chi connectivity index (χ4n) is 6.82. The summed E-state index contributed by atoms with van der Waals surface area (Å²) in [5.74, 6) is 1.95. The van der Waals surface area contributed by atoms with E-state index in [2.05, 4.69) is 53.8 Å². The van der Waals surface area contributed by atoms with Gasteiger partial charge < -0.3 is 29.4 Å². The number of nitrogens with zero attached hydrogens (tertiary/aromatic N) is 2. The van der Waals surface area contributed by atoms with E-state index >= 15 is 0 Å². The number of piperidine rings is 2. The first-order valence-electron chi connectivity index (χ1n) is 14.5. The molecule has 0 unspecified atom stereocenters. The summed E-state index contributed by atoms with van der Waals surface area (Å²) in [5, 5.41) is 11.6. The van der Waals surface area contributed by atoms with E-state index < -0.39 is 0 Å². The zero-order valence-corrected chi connectivity index (χ0v) is 23.8. The molecule has 6 nitrogen and oxygen atoms in total. The predicted octanol–water partition coefficient (Wildman–Crippen LogP) is 5.96. The highest BCUT2D eigenvalue weighted by molar-refractivity contribution is 5.92. The van der Waals surface area contributed by atoms with Gasteiger partial charge in [0, 0.05) is 34.2 Å². The molecule has 38 heavy (non-hydrogen) atoms. The Bertz CT molecular complexity index is 1230. The summed E-state index contributed by atoms with van der Waals surface area (Å²) in [6.07, 6.45) is 5.83. The number of fused-ring (bicyclic) bond motifs is 1. The highest BCUT2D eigenvalue weighted by Gasteiger charge is 2.30. The molecular weight excluding hydrogens is 474 g/mol. The Labute approximate surface area is 227 Å². The number of rotatable bonds is 8. The molecule has 5 rings (SSSR count). The number of hydrogen-bond acceptors (Lipinski definition) is 5. The molecule has 6 heteroatoms. The molecule has 3 heterocycles. The second-order valence-electron chi connectivity index (χ2n) is 11.3. The number of benzene rings is 2. The van der Waals surface area contributed by atoms with Crippen molar-refractivity contribution in [2.75, 3.05) is 40.4 Å². The molecule has 3 aromatic rings. The average Bonchev–Trinajstić information content (AvgIpc) is 3.33. The molecule has 0 atom stereocenters. The number of aliphatic hydroxyl groups excluding tert-OH is 1. The monoisotopic (exact) mass is 519 g/mol. The van der Waals surface area contributed by atoms with E-state index in [0.29, 0.717) is 12.0 Å². The van der Waals surface area contributed by atoms with Gasteiger partial charge in [0.1, 0.15) is 0 Å². The number of aromatic amines is 1. The molecule has 2 aromatic carbocycles. The molecule has 0 bridgehead atoms. The normalized spacial score (nSPS) is 18.5. The van der Waals surface area contributed by atoms with Gasteiger partial charge in [-0.1, -0.05) is 6.92 Å². The van der Waals surface area contributed by atoms with Crippen molar-refractivity contribution in [3.63, 3.8) is 0 Å².